The second-order valence-corrected chi connectivity index (χ2v) is 7.00. The Kier molecular flexibility index (Phi) is 4.31. The smallest absolute Gasteiger partial charge is 0.272 e. The number of nitrogens with one attached hydrogen (secondary N) is 1. The molecule has 0 aromatic carbocycles. The van der Waals surface area contributed by atoms with Crippen molar-refractivity contribution in [3.05, 3.63) is 23.9 Å². The van der Waals surface area contributed by atoms with Crippen LogP contribution in [0.15, 0.2) is 18.2 Å². The van der Waals surface area contributed by atoms with Gasteiger partial charge in [-0.15, -0.1) is 0 Å². The normalized spacial score (nSPS) is 18.8. The van der Waals surface area contributed by atoms with Crippen LogP contribution >= 0.6 is 11.8 Å². The summed E-state index contributed by atoms with van der Waals surface area (Å²) in [5.74, 6) is 6.77. The molecule has 1 aliphatic rings. The lowest BCUT2D eigenvalue weighted by Crippen LogP contribution is -2.34. The van der Waals surface area contributed by atoms with Gasteiger partial charge in [0.25, 0.3) is 5.91 Å². The number of nitrogens with two attached hydrogens (primary N) is 1. The Morgan fingerprint density at radius 1 is 1.47 bits per heavy atom. The van der Waals surface area contributed by atoms with E-state index in [-0.39, 0.29) is 10.7 Å². The topological polar surface area (TPSA) is 71.2 Å². The number of pyridine rings is 1. The quantitative estimate of drug-likeness (QED) is 0.637. The van der Waals surface area contributed by atoms with E-state index in [9.17, 15) is 4.79 Å². The molecule has 1 fully saturated rings. The predicted octanol–water partition coefficient (Wildman–Crippen LogP) is 1.72. The molecule has 1 aliphatic heterocycles. The molecule has 6 heteroatoms. The van der Waals surface area contributed by atoms with Crippen molar-refractivity contribution in [1.82, 2.24) is 9.88 Å². The van der Waals surface area contributed by atoms with Gasteiger partial charge in [0.1, 0.15) is 11.5 Å². The zero-order valence-electron chi connectivity index (χ0n) is 11.3. The summed E-state index contributed by atoms with van der Waals surface area (Å²) in [5.41, 5.74) is 2.91. The molecule has 2 heterocycles. The van der Waals surface area contributed by atoms with Crippen LogP contribution in [0.4, 0.5) is 5.82 Å². The zero-order valence-corrected chi connectivity index (χ0v) is 12.2. The van der Waals surface area contributed by atoms with E-state index < -0.39 is 0 Å². The number of nitrogens with zero attached hydrogens (tertiary/aromatic N) is 2. The van der Waals surface area contributed by atoms with Crippen LogP contribution in [-0.2, 0) is 0 Å². The van der Waals surface area contributed by atoms with E-state index in [0.29, 0.717) is 11.5 Å². The summed E-state index contributed by atoms with van der Waals surface area (Å²) in [6.45, 7) is 6.00. The molecule has 0 saturated carbocycles. The van der Waals surface area contributed by atoms with Crippen molar-refractivity contribution in [3.8, 4) is 0 Å². The molecule has 1 aromatic rings. The molecule has 19 heavy (non-hydrogen) atoms. The Bertz CT molecular complexity index is 464. The number of nitrogen functional groups attached to an aromatic ring is 1. The number of thioether (sulfide) groups is 1. The van der Waals surface area contributed by atoms with Crippen molar-refractivity contribution < 1.29 is 4.79 Å². The van der Waals surface area contributed by atoms with Gasteiger partial charge in [0, 0.05) is 23.6 Å². The number of carbonyl (C=O) groups excluding carboxylic acids is 1. The van der Waals surface area contributed by atoms with E-state index in [0.717, 1.165) is 25.3 Å². The van der Waals surface area contributed by atoms with Gasteiger partial charge in [0.05, 0.1) is 0 Å². The average molecular weight is 280 g/mol. The lowest BCUT2D eigenvalue weighted by atomic mass is 10.1. The number of hydrogen-bond acceptors (Lipinski definition) is 5. The number of rotatable bonds is 2. The summed E-state index contributed by atoms with van der Waals surface area (Å²) in [6, 6.07) is 5.25. The van der Waals surface area contributed by atoms with Crippen LogP contribution in [0, 0.1) is 0 Å². The van der Waals surface area contributed by atoms with Crippen molar-refractivity contribution in [2.24, 2.45) is 5.84 Å². The fourth-order valence-electron chi connectivity index (χ4n) is 2.02. The van der Waals surface area contributed by atoms with Crippen molar-refractivity contribution in [2.75, 3.05) is 24.3 Å². The highest BCUT2D eigenvalue weighted by atomic mass is 32.2. The van der Waals surface area contributed by atoms with E-state index in [1.807, 2.05) is 16.7 Å². The zero-order chi connectivity index (χ0) is 13.9. The number of anilines is 1. The number of carbonyl (C=O) groups is 1. The molecule has 0 unspecified atom stereocenters. The SMILES string of the molecule is CC1(C)CCN(C(=O)c2cccc(NN)n2)CCS1. The lowest BCUT2D eigenvalue weighted by molar-refractivity contribution is 0.0759. The maximum atomic E-state index is 12.4. The first kappa shape index (κ1) is 14.1. The second-order valence-electron chi connectivity index (χ2n) is 5.20. The van der Waals surface area contributed by atoms with Crippen LogP contribution in [0.5, 0.6) is 0 Å². The van der Waals surface area contributed by atoms with Crippen LogP contribution in [0.2, 0.25) is 0 Å². The van der Waals surface area contributed by atoms with Crippen molar-refractivity contribution in [1.29, 1.82) is 0 Å². The highest BCUT2D eigenvalue weighted by Gasteiger charge is 2.26. The van der Waals surface area contributed by atoms with E-state index >= 15 is 0 Å². The van der Waals surface area contributed by atoms with Crippen molar-refractivity contribution >= 4 is 23.5 Å². The molecule has 1 aromatic heterocycles. The maximum Gasteiger partial charge on any atom is 0.272 e. The number of hydrogen-bond donors (Lipinski definition) is 2. The molecule has 0 aliphatic carbocycles. The van der Waals surface area contributed by atoms with Gasteiger partial charge in [-0.25, -0.2) is 10.8 Å². The molecular weight excluding hydrogens is 260 g/mol. The minimum absolute atomic E-state index is 0.0181. The molecule has 0 atom stereocenters. The summed E-state index contributed by atoms with van der Waals surface area (Å²) in [5, 5.41) is 0. The van der Waals surface area contributed by atoms with Crippen LogP contribution in [0.3, 0.4) is 0 Å². The average Bonchev–Trinajstić information content (AvgIpc) is 2.59. The first-order chi connectivity index (χ1) is 9.02. The summed E-state index contributed by atoms with van der Waals surface area (Å²) >= 11 is 1.92. The number of aromatic nitrogens is 1. The molecule has 0 spiro atoms. The van der Waals surface area contributed by atoms with Gasteiger partial charge in [-0.1, -0.05) is 19.9 Å². The van der Waals surface area contributed by atoms with E-state index in [1.165, 1.54) is 0 Å². The van der Waals surface area contributed by atoms with Gasteiger partial charge in [-0.2, -0.15) is 11.8 Å². The minimum Gasteiger partial charge on any atom is -0.336 e. The first-order valence-corrected chi connectivity index (χ1v) is 7.37. The Morgan fingerprint density at radius 3 is 3.00 bits per heavy atom. The molecule has 0 radical (unpaired) electrons. The Hall–Kier alpha value is -1.27. The highest BCUT2D eigenvalue weighted by molar-refractivity contribution is 8.00. The predicted molar refractivity (Wildman–Crippen MR) is 79.1 cm³/mol. The standard InChI is InChI=1S/C13H20N4OS/c1-13(2)6-7-17(8-9-19-13)12(18)10-4-3-5-11(15-10)16-14/h3-5H,6-9,14H2,1-2H3,(H,15,16). The van der Waals surface area contributed by atoms with Crippen LogP contribution < -0.4 is 11.3 Å². The Labute approximate surface area is 117 Å². The van der Waals surface area contributed by atoms with E-state index in [2.05, 4.69) is 24.3 Å². The molecule has 1 saturated heterocycles. The van der Waals surface area contributed by atoms with Crippen LogP contribution in [-0.4, -0.2) is 39.4 Å². The summed E-state index contributed by atoms with van der Waals surface area (Å²) in [4.78, 5) is 18.5. The van der Waals surface area contributed by atoms with Crippen molar-refractivity contribution in [2.45, 2.75) is 25.0 Å². The van der Waals surface area contributed by atoms with Gasteiger partial charge >= 0.3 is 0 Å². The lowest BCUT2D eigenvalue weighted by Gasteiger charge is -2.22. The summed E-state index contributed by atoms with van der Waals surface area (Å²) in [6.07, 6.45) is 0.998. The maximum absolute atomic E-state index is 12.4. The first-order valence-electron chi connectivity index (χ1n) is 6.39. The van der Waals surface area contributed by atoms with E-state index in [1.54, 1.807) is 18.2 Å². The molecule has 0 bridgehead atoms. The molecule has 104 valence electrons. The second kappa shape index (κ2) is 5.79. The molecular formula is C13H20N4OS. The highest BCUT2D eigenvalue weighted by Crippen LogP contribution is 2.30. The van der Waals surface area contributed by atoms with Gasteiger partial charge in [0.2, 0.25) is 0 Å². The van der Waals surface area contributed by atoms with E-state index in [4.69, 9.17) is 5.84 Å². The number of hydrazine groups is 1. The fourth-order valence-corrected chi connectivity index (χ4v) is 3.12. The molecule has 2 rings (SSSR count). The monoisotopic (exact) mass is 280 g/mol. The Morgan fingerprint density at radius 2 is 2.26 bits per heavy atom. The van der Waals surface area contributed by atoms with Crippen molar-refractivity contribution in [3.63, 3.8) is 0 Å². The Balaban J connectivity index is 2.10. The number of amides is 1. The summed E-state index contributed by atoms with van der Waals surface area (Å²) in [7, 11) is 0. The third kappa shape index (κ3) is 3.61. The summed E-state index contributed by atoms with van der Waals surface area (Å²) < 4.78 is 0.239. The third-order valence-corrected chi connectivity index (χ3v) is 4.61. The molecule has 5 nitrogen and oxygen atoms in total. The molecule has 1 amide bonds. The largest absolute Gasteiger partial charge is 0.336 e. The van der Waals surface area contributed by atoms with Gasteiger partial charge in [-0.05, 0) is 18.6 Å². The van der Waals surface area contributed by atoms with Gasteiger partial charge in [-0.3, -0.25) is 4.79 Å². The van der Waals surface area contributed by atoms with Crippen LogP contribution in [0.25, 0.3) is 0 Å². The molecule has 3 N–H and O–H groups in total. The fraction of sp³-hybridized carbons (Fsp3) is 0.538. The van der Waals surface area contributed by atoms with Gasteiger partial charge < -0.3 is 10.3 Å². The van der Waals surface area contributed by atoms with Gasteiger partial charge in [0.15, 0.2) is 0 Å². The van der Waals surface area contributed by atoms with Crippen LogP contribution in [0.1, 0.15) is 30.8 Å². The minimum atomic E-state index is -0.0181. The third-order valence-electron chi connectivity index (χ3n) is 3.24.